The topological polar surface area (TPSA) is 57.2 Å². The third-order valence-corrected chi connectivity index (χ3v) is 8.64. The minimum atomic E-state index is -6.09. The van der Waals surface area contributed by atoms with Crippen molar-refractivity contribution in [1.82, 2.24) is 0 Å². The van der Waals surface area contributed by atoms with E-state index in [2.05, 4.69) is 0 Å². The second kappa shape index (κ2) is 9.38. The van der Waals surface area contributed by atoms with Crippen molar-refractivity contribution >= 4 is 33.3 Å². The zero-order valence-electron chi connectivity index (χ0n) is 15.5. The van der Waals surface area contributed by atoms with Crippen molar-refractivity contribution in [3.8, 4) is 0 Å². The number of hydrogen-bond acceptors (Lipinski definition) is 3. The van der Waals surface area contributed by atoms with E-state index < -0.39 is 28.8 Å². The van der Waals surface area contributed by atoms with Gasteiger partial charge in [-0.3, -0.25) is 0 Å². The van der Waals surface area contributed by atoms with E-state index in [-0.39, 0.29) is 0 Å². The quantitative estimate of drug-likeness (QED) is 0.239. The Bertz CT molecular complexity index is 974. The van der Waals surface area contributed by atoms with E-state index in [0.717, 1.165) is 0 Å². The zero-order chi connectivity index (χ0) is 23.3. The standard InChI is InChI=1S/C19H15F3P.CHF3O3S/c20-19(21,22)23(16-10-4-1-5-11-16,17-12-6-2-7-13-17)18-14-8-3-9-15-18;2-1(3,4)8(5,6)7/h1-15H;(H,5,6,7)/q+1;/p-1. The molecule has 0 aromatic heterocycles. The molecule has 3 nitrogen and oxygen atoms in total. The lowest BCUT2D eigenvalue weighted by Gasteiger charge is -2.28. The fourth-order valence-electron chi connectivity index (χ4n) is 2.84. The van der Waals surface area contributed by atoms with Crippen LogP contribution in [0.4, 0.5) is 26.3 Å². The Morgan fingerprint density at radius 2 is 0.806 bits per heavy atom. The van der Waals surface area contributed by atoms with Crippen molar-refractivity contribution in [3.63, 3.8) is 0 Å². The van der Waals surface area contributed by atoms with Gasteiger partial charge in [0.1, 0.15) is 15.9 Å². The average molecular weight is 480 g/mol. The summed E-state index contributed by atoms with van der Waals surface area (Å²) in [6.07, 6.45) is 0. The van der Waals surface area contributed by atoms with Gasteiger partial charge >= 0.3 is 11.4 Å². The third-order valence-electron chi connectivity index (χ3n) is 4.09. The molecule has 3 aromatic carbocycles. The second-order valence-corrected chi connectivity index (χ2v) is 10.8. The molecule has 0 N–H and O–H groups in total. The molecule has 0 radical (unpaired) electrons. The molecule has 31 heavy (non-hydrogen) atoms. The van der Waals surface area contributed by atoms with Gasteiger partial charge in [-0.05, 0) is 36.4 Å². The summed E-state index contributed by atoms with van der Waals surface area (Å²) in [7, 11) is -9.83. The van der Waals surface area contributed by atoms with Gasteiger partial charge in [-0.2, -0.15) is 13.2 Å². The van der Waals surface area contributed by atoms with Crippen LogP contribution in [0.15, 0.2) is 91.0 Å². The van der Waals surface area contributed by atoms with Crippen molar-refractivity contribution in [1.29, 1.82) is 0 Å². The molecular weight excluding hydrogens is 465 g/mol. The van der Waals surface area contributed by atoms with Crippen LogP contribution in [0.2, 0.25) is 0 Å². The summed E-state index contributed by atoms with van der Waals surface area (Å²) >= 11 is 0. The lowest BCUT2D eigenvalue weighted by molar-refractivity contribution is -0.0518. The summed E-state index contributed by atoms with van der Waals surface area (Å²) in [6, 6.07) is 24.7. The zero-order valence-corrected chi connectivity index (χ0v) is 17.2. The number of rotatable bonds is 3. The maximum absolute atomic E-state index is 14.5. The first-order valence-corrected chi connectivity index (χ1v) is 11.7. The van der Waals surface area contributed by atoms with Crippen molar-refractivity contribution in [2.45, 2.75) is 11.4 Å². The Balaban J connectivity index is 0.000000366. The van der Waals surface area contributed by atoms with Crippen molar-refractivity contribution < 1.29 is 39.3 Å². The maximum Gasteiger partial charge on any atom is 0.524 e. The Hall–Kier alpha value is -2.42. The Morgan fingerprint density at radius 3 is 0.968 bits per heavy atom. The molecule has 0 spiro atoms. The van der Waals surface area contributed by atoms with E-state index in [1.807, 2.05) is 0 Å². The molecule has 0 saturated carbocycles. The minimum absolute atomic E-state index is 0.324. The molecule has 0 fully saturated rings. The van der Waals surface area contributed by atoms with Gasteiger partial charge in [0.15, 0.2) is 10.1 Å². The van der Waals surface area contributed by atoms with E-state index in [4.69, 9.17) is 13.0 Å². The van der Waals surface area contributed by atoms with Crippen LogP contribution in [0.1, 0.15) is 0 Å². The van der Waals surface area contributed by atoms with Crippen molar-refractivity contribution in [2.24, 2.45) is 0 Å². The monoisotopic (exact) mass is 480 g/mol. The Labute approximate surface area is 175 Å². The predicted molar refractivity (Wildman–Crippen MR) is 107 cm³/mol. The second-order valence-electron chi connectivity index (χ2n) is 6.05. The minimum Gasteiger partial charge on any atom is -0.741 e. The van der Waals surface area contributed by atoms with E-state index in [9.17, 15) is 26.3 Å². The van der Waals surface area contributed by atoms with Crippen molar-refractivity contribution in [2.75, 3.05) is 0 Å². The molecule has 0 saturated heterocycles. The molecule has 0 heterocycles. The molecule has 3 rings (SSSR count). The first kappa shape index (κ1) is 24.8. The first-order valence-electron chi connectivity index (χ1n) is 8.46. The highest BCUT2D eigenvalue weighted by Gasteiger charge is 2.67. The van der Waals surface area contributed by atoms with Crippen LogP contribution in [-0.4, -0.2) is 24.4 Å². The van der Waals surface area contributed by atoms with Gasteiger partial charge in [-0.15, -0.1) is 13.2 Å². The summed E-state index contributed by atoms with van der Waals surface area (Å²) in [5.74, 6) is -4.36. The van der Waals surface area contributed by atoms with E-state index >= 15 is 0 Å². The molecule has 11 heteroatoms. The van der Waals surface area contributed by atoms with Crippen LogP contribution < -0.4 is 15.9 Å². The number of hydrogen-bond donors (Lipinski definition) is 0. The van der Waals surface area contributed by atoms with E-state index in [1.54, 1.807) is 91.0 Å². The molecule has 3 aromatic rings. The fraction of sp³-hybridized carbons (Fsp3) is 0.100. The van der Waals surface area contributed by atoms with Crippen LogP contribution in [0, 0.1) is 0 Å². The fourth-order valence-corrected chi connectivity index (χ4v) is 6.47. The Morgan fingerprint density at radius 1 is 0.581 bits per heavy atom. The summed E-state index contributed by atoms with van der Waals surface area (Å²) in [6.45, 7) is 0. The molecule has 0 unspecified atom stereocenters. The molecule has 0 atom stereocenters. The predicted octanol–water partition coefficient (Wildman–Crippen LogP) is 4.55. The van der Waals surface area contributed by atoms with Gasteiger partial charge in [-0.25, -0.2) is 8.42 Å². The molecule has 0 aliphatic heterocycles. The summed E-state index contributed by atoms with van der Waals surface area (Å²) in [4.78, 5) is 0. The van der Waals surface area contributed by atoms with E-state index in [0.29, 0.717) is 15.9 Å². The molecule has 0 aliphatic rings. The van der Waals surface area contributed by atoms with Crippen LogP contribution >= 0.6 is 7.26 Å². The highest BCUT2D eigenvalue weighted by molar-refractivity contribution is 7.96. The van der Waals surface area contributed by atoms with Crippen LogP contribution in [0.25, 0.3) is 0 Å². The van der Waals surface area contributed by atoms with Gasteiger partial charge in [0.2, 0.25) is 7.26 Å². The lowest BCUT2D eigenvalue weighted by atomic mass is 10.4. The third kappa shape index (κ3) is 5.44. The molecule has 0 amide bonds. The van der Waals surface area contributed by atoms with Crippen LogP contribution in [0.5, 0.6) is 0 Å². The summed E-state index contributed by atoms with van der Waals surface area (Å²) in [5, 5.41) is 0.972. The largest absolute Gasteiger partial charge is 0.741 e. The molecule has 0 bridgehead atoms. The maximum atomic E-state index is 14.5. The van der Waals surface area contributed by atoms with Crippen LogP contribution in [-0.2, 0) is 10.1 Å². The number of halogens is 6. The molecule has 166 valence electrons. The average Bonchev–Trinajstić information content (AvgIpc) is 2.69. The normalized spacial score (nSPS) is 12.6. The number of benzene rings is 3. The smallest absolute Gasteiger partial charge is 0.524 e. The Kier molecular flexibility index (Phi) is 7.52. The van der Waals surface area contributed by atoms with Gasteiger partial charge in [0.05, 0.1) is 0 Å². The SMILES string of the molecule is FC(F)(F)[P+](c1ccccc1)(c1ccccc1)c1ccccc1.O=S(=O)([O-])C(F)(F)F. The molecular formula is C20H15F6O3PS. The summed E-state index contributed by atoms with van der Waals surface area (Å²) < 4.78 is 102. The highest BCUT2D eigenvalue weighted by Crippen LogP contribution is 2.67. The van der Waals surface area contributed by atoms with Gasteiger partial charge in [0.25, 0.3) is 0 Å². The lowest BCUT2D eigenvalue weighted by Crippen LogP contribution is -2.40. The van der Waals surface area contributed by atoms with Crippen molar-refractivity contribution in [3.05, 3.63) is 91.0 Å². The molecule has 0 aliphatic carbocycles. The summed E-state index contributed by atoms with van der Waals surface area (Å²) in [5.41, 5.74) is -5.65. The highest BCUT2D eigenvalue weighted by atomic mass is 32.2. The first-order chi connectivity index (χ1) is 14.3. The number of alkyl halides is 6. The van der Waals surface area contributed by atoms with Gasteiger partial charge in [-0.1, -0.05) is 54.6 Å². The van der Waals surface area contributed by atoms with E-state index in [1.165, 1.54) is 0 Å². The van der Waals surface area contributed by atoms with Crippen LogP contribution in [0.3, 0.4) is 0 Å². The van der Waals surface area contributed by atoms with Gasteiger partial charge < -0.3 is 4.55 Å². The van der Waals surface area contributed by atoms with Gasteiger partial charge in [0, 0.05) is 0 Å².